The lowest BCUT2D eigenvalue weighted by atomic mass is 9.81. The molecule has 3 rings (SSSR count). The third-order valence-corrected chi connectivity index (χ3v) is 6.48. The summed E-state index contributed by atoms with van der Waals surface area (Å²) in [4.78, 5) is 39.8. The Hall–Kier alpha value is -2.03. The molecule has 0 unspecified atom stereocenters. The smallest absolute Gasteiger partial charge is 0.350 e. The molecule has 1 heterocycles. The van der Waals surface area contributed by atoms with Crippen molar-refractivity contribution in [3.8, 4) is 0 Å². The molecule has 9 heteroatoms. The number of fused-ring (bicyclic) bond motifs is 1. The first kappa shape index (κ1) is 22.7. The number of carbonyl (C=O) groups is 3. The lowest BCUT2D eigenvalue weighted by molar-refractivity contribution is -0.148. The molecule has 1 aromatic carbocycles. The van der Waals surface area contributed by atoms with Gasteiger partial charge in [-0.15, -0.1) is 0 Å². The Labute approximate surface area is 177 Å². The summed E-state index contributed by atoms with van der Waals surface area (Å²) in [7, 11) is 0. The zero-order valence-corrected chi connectivity index (χ0v) is 17.5. The van der Waals surface area contributed by atoms with Crippen molar-refractivity contribution in [1.29, 1.82) is 0 Å². The van der Waals surface area contributed by atoms with Crippen molar-refractivity contribution in [3.05, 3.63) is 35.4 Å². The molecule has 30 heavy (non-hydrogen) atoms. The molecule has 1 saturated carbocycles. The highest BCUT2D eigenvalue weighted by molar-refractivity contribution is 7.98. The highest BCUT2D eigenvalue weighted by Gasteiger charge is 2.51. The van der Waals surface area contributed by atoms with Crippen molar-refractivity contribution >= 4 is 29.5 Å². The highest BCUT2D eigenvalue weighted by Crippen LogP contribution is 2.39. The highest BCUT2D eigenvalue weighted by atomic mass is 32.2. The van der Waals surface area contributed by atoms with Gasteiger partial charge in [-0.3, -0.25) is 19.3 Å². The average Bonchev–Trinajstić information content (AvgIpc) is 2.97. The van der Waals surface area contributed by atoms with E-state index in [4.69, 9.17) is 0 Å². The van der Waals surface area contributed by atoms with E-state index < -0.39 is 23.7 Å². The Balaban J connectivity index is 1.70. The van der Waals surface area contributed by atoms with Crippen LogP contribution in [0.25, 0.3) is 0 Å². The number of benzene rings is 1. The van der Waals surface area contributed by atoms with Gasteiger partial charge in [-0.05, 0) is 49.0 Å². The maximum absolute atomic E-state index is 12.9. The SMILES string of the molecule is CSCC[C@H](C(=O)NCc1ccc(C(F)(F)F)cc1)N1C(=O)[C@H]2CCCC[C@@H]2C1=O. The maximum Gasteiger partial charge on any atom is 0.416 e. The molecule has 1 saturated heterocycles. The van der Waals surface area contributed by atoms with E-state index in [0.29, 0.717) is 30.6 Å². The van der Waals surface area contributed by atoms with Gasteiger partial charge in [-0.2, -0.15) is 24.9 Å². The van der Waals surface area contributed by atoms with Crippen molar-refractivity contribution < 1.29 is 27.6 Å². The number of rotatable bonds is 7. The van der Waals surface area contributed by atoms with Crippen LogP contribution in [-0.4, -0.2) is 40.7 Å². The fourth-order valence-electron chi connectivity index (χ4n) is 4.22. The third kappa shape index (κ3) is 4.82. The van der Waals surface area contributed by atoms with Crippen molar-refractivity contribution in [3.63, 3.8) is 0 Å². The predicted octanol–water partition coefficient (Wildman–Crippen LogP) is 3.62. The maximum atomic E-state index is 12.9. The lowest BCUT2D eigenvalue weighted by Crippen LogP contribution is -2.50. The number of carbonyl (C=O) groups excluding carboxylic acids is 3. The molecule has 5 nitrogen and oxygen atoms in total. The molecule has 0 aromatic heterocycles. The van der Waals surface area contributed by atoms with Crippen LogP contribution in [0.2, 0.25) is 0 Å². The zero-order chi connectivity index (χ0) is 21.9. The monoisotopic (exact) mass is 442 g/mol. The summed E-state index contributed by atoms with van der Waals surface area (Å²) < 4.78 is 38.1. The van der Waals surface area contributed by atoms with E-state index >= 15 is 0 Å². The van der Waals surface area contributed by atoms with Gasteiger partial charge in [0.25, 0.3) is 0 Å². The minimum Gasteiger partial charge on any atom is -0.350 e. The van der Waals surface area contributed by atoms with E-state index in [9.17, 15) is 27.6 Å². The summed E-state index contributed by atoms with van der Waals surface area (Å²) in [6.07, 6.45) is 0.967. The molecule has 3 atom stereocenters. The van der Waals surface area contributed by atoms with Crippen LogP contribution in [0, 0.1) is 11.8 Å². The number of imide groups is 1. The first-order chi connectivity index (χ1) is 14.2. The molecule has 3 amide bonds. The standard InChI is InChI=1S/C21H25F3N2O3S/c1-30-11-10-17(26-19(28)15-4-2-3-5-16(15)20(26)29)18(27)25-12-13-6-8-14(9-7-13)21(22,23)24/h6-9,15-17H,2-5,10-12H2,1H3,(H,25,27)/t15-,16-,17+/m0/s1. The second-order valence-corrected chi connectivity index (χ2v) is 8.74. The first-order valence-corrected chi connectivity index (χ1v) is 11.4. The van der Waals surface area contributed by atoms with Crippen LogP contribution < -0.4 is 5.32 Å². The predicted molar refractivity (Wildman–Crippen MR) is 107 cm³/mol. The minimum atomic E-state index is -4.42. The Morgan fingerprint density at radius 3 is 2.20 bits per heavy atom. The normalized spacial score (nSPS) is 22.7. The molecule has 1 aromatic rings. The second-order valence-electron chi connectivity index (χ2n) is 7.75. The van der Waals surface area contributed by atoms with Gasteiger partial charge in [0.15, 0.2) is 0 Å². The van der Waals surface area contributed by atoms with Gasteiger partial charge in [-0.1, -0.05) is 25.0 Å². The van der Waals surface area contributed by atoms with Gasteiger partial charge in [0.1, 0.15) is 6.04 Å². The molecule has 2 fully saturated rings. The Morgan fingerprint density at radius 1 is 1.13 bits per heavy atom. The number of halogens is 3. The summed E-state index contributed by atoms with van der Waals surface area (Å²) in [6.45, 7) is 0.0236. The molecule has 1 aliphatic carbocycles. The van der Waals surface area contributed by atoms with Crippen LogP contribution in [-0.2, 0) is 27.1 Å². The number of thioether (sulfide) groups is 1. The number of hydrogen-bond acceptors (Lipinski definition) is 4. The average molecular weight is 443 g/mol. The van der Waals surface area contributed by atoms with Crippen LogP contribution >= 0.6 is 11.8 Å². The summed E-state index contributed by atoms with van der Waals surface area (Å²) in [5.74, 6) is -1.04. The molecular weight excluding hydrogens is 417 g/mol. The number of nitrogens with zero attached hydrogens (tertiary/aromatic N) is 1. The van der Waals surface area contributed by atoms with Crippen LogP contribution in [0.3, 0.4) is 0 Å². The molecule has 0 radical (unpaired) electrons. The van der Waals surface area contributed by atoms with Gasteiger partial charge >= 0.3 is 6.18 Å². The van der Waals surface area contributed by atoms with Crippen LogP contribution in [0.4, 0.5) is 13.2 Å². The van der Waals surface area contributed by atoms with Crippen molar-refractivity contribution in [2.45, 2.75) is 50.9 Å². The fraction of sp³-hybridized carbons (Fsp3) is 0.571. The van der Waals surface area contributed by atoms with Crippen LogP contribution in [0.5, 0.6) is 0 Å². The molecule has 1 N–H and O–H groups in total. The minimum absolute atomic E-state index is 0.0236. The van der Waals surface area contributed by atoms with Crippen LogP contribution in [0.15, 0.2) is 24.3 Å². The van der Waals surface area contributed by atoms with Gasteiger partial charge in [0, 0.05) is 6.54 Å². The lowest BCUT2D eigenvalue weighted by Gasteiger charge is -2.26. The van der Waals surface area contributed by atoms with Crippen molar-refractivity contribution in [2.24, 2.45) is 11.8 Å². The molecule has 0 bridgehead atoms. The zero-order valence-electron chi connectivity index (χ0n) is 16.7. The molecule has 164 valence electrons. The van der Waals surface area contributed by atoms with Gasteiger partial charge in [0.2, 0.25) is 17.7 Å². The van der Waals surface area contributed by atoms with Gasteiger partial charge < -0.3 is 5.32 Å². The van der Waals surface area contributed by atoms with Crippen LogP contribution in [0.1, 0.15) is 43.2 Å². The Kier molecular flexibility index (Phi) is 7.10. The third-order valence-electron chi connectivity index (χ3n) is 5.83. The molecule has 0 spiro atoms. The summed E-state index contributed by atoms with van der Waals surface area (Å²) in [6, 6.07) is 3.65. The summed E-state index contributed by atoms with van der Waals surface area (Å²) >= 11 is 1.52. The second kappa shape index (κ2) is 9.41. The van der Waals surface area contributed by atoms with E-state index in [1.165, 1.54) is 23.9 Å². The Morgan fingerprint density at radius 2 is 1.70 bits per heavy atom. The van der Waals surface area contributed by atoms with E-state index in [2.05, 4.69) is 5.32 Å². The molecule has 1 aliphatic heterocycles. The summed E-state index contributed by atoms with van der Waals surface area (Å²) in [5.41, 5.74) is -0.251. The molecular formula is C21H25F3N2O3S. The van der Waals surface area contributed by atoms with Gasteiger partial charge in [-0.25, -0.2) is 0 Å². The number of likely N-dealkylation sites (tertiary alicyclic amines) is 1. The first-order valence-electron chi connectivity index (χ1n) is 10.0. The van der Waals surface area contributed by atoms with Crippen molar-refractivity contribution in [1.82, 2.24) is 10.2 Å². The Bertz CT molecular complexity index is 774. The largest absolute Gasteiger partial charge is 0.416 e. The number of amides is 3. The fourth-order valence-corrected chi connectivity index (χ4v) is 4.68. The molecule has 2 aliphatic rings. The topological polar surface area (TPSA) is 66.5 Å². The number of hydrogen-bond donors (Lipinski definition) is 1. The number of alkyl halides is 3. The van der Waals surface area contributed by atoms with Gasteiger partial charge in [0.05, 0.1) is 17.4 Å². The van der Waals surface area contributed by atoms with E-state index in [0.717, 1.165) is 29.9 Å². The van der Waals surface area contributed by atoms with E-state index in [1.807, 2.05) is 6.26 Å². The number of nitrogens with one attached hydrogen (secondary N) is 1. The van der Waals surface area contributed by atoms with E-state index in [-0.39, 0.29) is 30.2 Å². The van der Waals surface area contributed by atoms with Crippen molar-refractivity contribution in [2.75, 3.05) is 12.0 Å². The summed E-state index contributed by atoms with van der Waals surface area (Å²) in [5, 5.41) is 2.69. The van der Waals surface area contributed by atoms with E-state index in [1.54, 1.807) is 0 Å². The quantitative estimate of drug-likeness (QED) is 0.655.